The molecule has 4 nitrogen and oxygen atoms in total. The summed E-state index contributed by atoms with van der Waals surface area (Å²) in [6.45, 7) is 7.54. The number of rotatable bonds is 3. The van der Waals surface area contributed by atoms with E-state index in [1.54, 1.807) is 0 Å². The standard InChI is InChI=1S/C21H29BrN2O2/c1-16-12-19-17(13-18(16)22)20(25)21(15-26-19,24-10-6-3-7-11-24)14-23-8-4-2-5-9-23/h12-13H,2-11,14-15H2,1H3/t21-/m1/s1. The summed E-state index contributed by atoms with van der Waals surface area (Å²) >= 11 is 3.60. The van der Waals surface area contributed by atoms with Crippen molar-refractivity contribution in [3.63, 3.8) is 0 Å². The fourth-order valence-electron chi connectivity index (χ4n) is 4.73. The molecule has 1 aromatic carbocycles. The Balaban J connectivity index is 1.70. The van der Waals surface area contributed by atoms with E-state index in [2.05, 4.69) is 25.7 Å². The molecule has 0 spiro atoms. The van der Waals surface area contributed by atoms with E-state index in [1.165, 1.54) is 38.5 Å². The highest BCUT2D eigenvalue weighted by Gasteiger charge is 2.50. The Hall–Kier alpha value is -0.910. The lowest BCUT2D eigenvalue weighted by molar-refractivity contribution is -0.00349. The van der Waals surface area contributed by atoms with Crippen LogP contribution in [0.15, 0.2) is 16.6 Å². The van der Waals surface area contributed by atoms with Crippen LogP contribution in [0.2, 0.25) is 0 Å². The van der Waals surface area contributed by atoms with Gasteiger partial charge in [0.2, 0.25) is 0 Å². The predicted molar refractivity (Wildman–Crippen MR) is 107 cm³/mol. The maximum absolute atomic E-state index is 13.8. The van der Waals surface area contributed by atoms with Gasteiger partial charge in [0.1, 0.15) is 17.9 Å². The van der Waals surface area contributed by atoms with Gasteiger partial charge in [-0.05, 0) is 76.5 Å². The maximum atomic E-state index is 13.8. The molecule has 3 heterocycles. The first-order valence-electron chi connectivity index (χ1n) is 10.1. The highest BCUT2D eigenvalue weighted by Crippen LogP contribution is 2.38. The average Bonchev–Trinajstić information content (AvgIpc) is 2.67. The molecule has 1 aromatic rings. The van der Waals surface area contributed by atoms with E-state index in [9.17, 15) is 4.79 Å². The van der Waals surface area contributed by atoms with Crippen molar-refractivity contribution < 1.29 is 9.53 Å². The van der Waals surface area contributed by atoms with Crippen molar-refractivity contribution in [1.29, 1.82) is 0 Å². The predicted octanol–water partition coefficient (Wildman–Crippen LogP) is 4.04. The van der Waals surface area contributed by atoms with Gasteiger partial charge in [0.15, 0.2) is 5.78 Å². The lowest BCUT2D eigenvalue weighted by Crippen LogP contribution is -2.66. The van der Waals surface area contributed by atoms with Crippen LogP contribution in [0.25, 0.3) is 0 Å². The first-order valence-corrected chi connectivity index (χ1v) is 10.8. The molecule has 26 heavy (non-hydrogen) atoms. The SMILES string of the molecule is Cc1cc2c(cc1Br)C(=O)[C@](CN1CCCCC1)(N1CCCCC1)CO2. The first kappa shape index (κ1) is 18.5. The van der Waals surface area contributed by atoms with Gasteiger partial charge in [0, 0.05) is 11.0 Å². The fraction of sp³-hybridized carbons (Fsp3) is 0.667. The number of benzene rings is 1. The van der Waals surface area contributed by atoms with E-state index < -0.39 is 5.54 Å². The molecular weight excluding hydrogens is 392 g/mol. The Bertz CT molecular complexity index is 681. The number of carbonyl (C=O) groups is 1. The second-order valence-electron chi connectivity index (χ2n) is 8.13. The largest absolute Gasteiger partial charge is 0.490 e. The molecule has 0 unspecified atom stereocenters. The monoisotopic (exact) mass is 420 g/mol. The van der Waals surface area contributed by atoms with Gasteiger partial charge in [-0.3, -0.25) is 9.69 Å². The number of fused-ring (bicyclic) bond motifs is 1. The lowest BCUT2D eigenvalue weighted by Gasteiger charge is -2.49. The minimum Gasteiger partial charge on any atom is -0.490 e. The van der Waals surface area contributed by atoms with Gasteiger partial charge in [-0.15, -0.1) is 0 Å². The second-order valence-corrected chi connectivity index (χ2v) is 8.99. The Morgan fingerprint density at radius 1 is 1.04 bits per heavy atom. The number of likely N-dealkylation sites (tertiary alicyclic amines) is 2. The molecule has 4 rings (SSSR count). The fourth-order valence-corrected chi connectivity index (χ4v) is 5.07. The summed E-state index contributed by atoms with van der Waals surface area (Å²) in [5.41, 5.74) is 1.33. The molecule has 3 aliphatic rings. The molecular formula is C21H29BrN2O2. The van der Waals surface area contributed by atoms with Crippen LogP contribution in [0.3, 0.4) is 0 Å². The summed E-state index contributed by atoms with van der Waals surface area (Å²) in [7, 11) is 0. The molecule has 0 bridgehead atoms. The topological polar surface area (TPSA) is 32.8 Å². The molecule has 0 aliphatic carbocycles. The minimum absolute atomic E-state index is 0.256. The smallest absolute Gasteiger partial charge is 0.191 e. The Morgan fingerprint density at radius 2 is 1.69 bits per heavy atom. The van der Waals surface area contributed by atoms with Gasteiger partial charge in [-0.2, -0.15) is 0 Å². The van der Waals surface area contributed by atoms with Crippen molar-refractivity contribution in [3.05, 3.63) is 27.7 Å². The summed E-state index contributed by atoms with van der Waals surface area (Å²) in [6, 6.07) is 3.97. The molecule has 0 radical (unpaired) electrons. The number of halogens is 1. The summed E-state index contributed by atoms with van der Waals surface area (Å²) in [5, 5.41) is 0. The van der Waals surface area contributed by atoms with E-state index in [0.717, 1.165) is 54.1 Å². The van der Waals surface area contributed by atoms with Crippen LogP contribution in [0.1, 0.15) is 54.4 Å². The number of hydrogen-bond donors (Lipinski definition) is 0. The van der Waals surface area contributed by atoms with Crippen LogP contribution in [-0.2, 0) is 0 Å². The molecule has 1 atom stereocenters. The highest BCUT2D eigenvalue weighted by atomic mass is 79.9. The van der Waals surface area contributed by atoms with Gasteiger partial charge < -0.3 is 9.64 Å². The van der Waals surface area contributed by atoms with Crippen LogP contribution in [0, 0.1) is 6.92 Å². The van der Waals surface area contributed by atoms with Crippen LogP contribution < -0.4 is 4.74 Å². The Morgan fingerprint density at radius 3 is 2.38 bits per heavy atom. The van der Waals surface area contributed by atoms with E-state index in [4.69, 9.17) is 4.74 Å². The van der Waals surface area contributed by atoms with E-state index in [-0.39, 0.29) is 5.78 Å². The summed E-state index contributed by atoms with van der Waals surface area (Å²) in [4.78, 5) is 18.7. The number of aryl methyl sites for hydroxylation is 1. The zero-order valence-corrected chi connectivity index (χ0v) is 17.3. The van der Waals surface area contributed by atoms with Crippen LogP contribution in [0.4, 0.5) is 0 Å². The number of carbonyl (C=O) groups excluding carboxylic acids is 1. The molecule has 2 saturated heterocycles. The number of ketones is 1. The van der Waals surface area contributed by atoms with Gasteiger partial charge in [-0.25, -0.2) is 0 Å². The minimum atomic E-state index is -0.528. The van der Waals surface area contributed by atoms with Gasteiger partial charge >= 0.3 is 0 Å². The molecule has 142 valence electrons. The van der Waals surface area contributed by atoms with Gasteiger partial charge in [0.05, 0.1) is 5.56 Å². The summed E-state index contributed by atoms with van der Waals surface area (Å²) < 4.78 is 7.22. The first-order chi connectivity index (χ1) is 12.6. The Labute approximate surface area is 165 Å². The normalized spacial score (nSPS) is 27.8. The zero-order chi connectivity index (χ0) is 18.1. The van der Waals surface area contributed by atoms with Crippen LogP contribution in [0.5, 0.6) is 5.75 Å². The number of piperidine rings is 2. The molecule has 2 fully saturated rings. The summed E-state index contributed by atoms with van der Waals surface area (Å²) in [6.07, 6.45) is 7.43. The quantitative estimate of drug-likeness (QED) is 0.738. The van der Waals surface area contributed by atoms with E-state index in [0.29, 0.717) is 6.61 Å². The lowest BCUT2D eigenvalue weighted by atomic mass is 9.83. The molecule has 5 heteroatoms. The van der Waals surface area contributed by atoms with Crippen molar-refractivity contribution >= 4 is 21.7 Å². The van der Waals surface area contributed by atoms with Crippen molar-refractivity contribution in [3.8, 4) is 5.75 Å². The van der Waals surface area contributed by atoms with E-state index >= 15 is 0 Å². The molecule has 3 aliphatic heterocycles. The maximum Gasteiger partial charge on any atom is 0.191 e. The third kappa shape index (κ3) is 3.34. The van der Waals surface area contributed by atoms with E-state index in [1.807, 2.05) is 19.1 Å². The number of hydrogen-bond acceptors (Lipinski definition) is 4. The number of nitrogens with zero attached hydrogens (tertiary/aromatic N) is 2. The van der Waals surface area contributed by atoms with Crippen molar-refractivity contribution in [2.24, 2.45) is 0 Å². The van der Waals surface area contributed by atoms with Crippen LogP contribution in [-0.4, -0.2) is 60.5 Å². The molecule has 0 saturated carbocycles. The average molecular weight is 421 g/mol. The molecule has 0 N–H and O–H groups in total. The van der Waals surface area contributed by atoms with Crippen molar-refractivity contribution in [2.75, 3.05) is 39.3 Å². The van der Waals surface area contributed by atoms with Gasteiger partial charge in [-0.1, -0.05) is 28.8 Å². The number of ether oxygens (including phenoxy) is 1. The third-order valence-corrected chi connectivity index (χ3v) is 7.14. The Kier molecular flexibility index (Phi) is 5.40. The van der Waals surface area contributed by atoms with Crippen LogP contribution >= 0.6 is 15.9 Å². The second kappa shape index (κ2) is 7.61. The zero-order valence-electron chi connectivity index (χ0n) is 15.7. The third-order valence-electron chi connectivity index (χ3n) is 6.29. The van der Waals surface area contributed by atoms with Crippen molar-refractivity contribution in [2.45, 2.75) is 51.0 Å². The number of Topliss-reactive ketones (excluding diaryl/α,β-unsaturated/α-hetero) is 1. The molecule has 0 amide bonds. The molecule has 0 aromatic heterocycles. The highest BCUT2D eigenvalue weighted by molar-refractivity contribution is 9.10. The van der Waals surface area contributed by atoms with Crippen molar-refractivity contribution in [1.82, 2.24) is 9.80 Å². The van der Waals surface area contributed by atoms with Gasteiger partial charge in [0.25, 0.3) is 0 Å². The summed E-state index contributed by atoms with van der Waals surface area (Å²) in [5.74, 6) is 1.01.